The van der Waals surface area contributed by atoms with Crippen LogP contribution >= 0.6 is 12.2 Å². The highest BCUT2D eigenvalue weighted by molar-refractivity contribution is 7.80. The molecule has 0 spiro atoms. The largest absolute Gasteiger partial charge is 0.469 e. The van der Waals surface area contributed by atoms with E-state index in [2.05, 4.69) is 10.6 Å². The van der Waals surface area contributed by atoms with Crippen molar-refractivity contribution in [2.24, 2.45) is 0 Å². The minimum absolute atomic E-state index is 0.307. The van der Waals surface area contributed by atoms with Crippen molar-refractivity contribution in [1.82, 2.24) is 10.3 Å². The van der Waals surface area contributed by atoms with Crippen molar-refractivity contribution in [2.75, 3.05) is 11.9 Å². The Bertz CT molecular complexity index is 1160. The van der Waals surface area contributed by atoms with Crippen molar-refractivity contribution in [1.29, 1.82) is 0 Å². The molecule has 1 aromatic heterocycles. The van der Waals surface area contributed by atoms with Crippen LogP contribution in [0.3, 0.4) is 0 Å². The molecule has 3 N–H and O–H groups in total. The van der Waals surface area contributed by atoms with Gasteiger partial charge in [0.05, 0.1) is 11.2 Å². The maximum Gasteiger partial charge on any atom is 0.405 e. The first-order valence-corrected chi connectivity index (χ1v) is 10.6. The van der Waals surface area contributed by atoms with E-state index in [9.17, 15) is 9.90 Å². The molecule has 1 aliphatic carbocycles. The third-order valence-electron chi connectivity index (χ3n) is 5.95. The van der Waals surface area contributed by atoms with Crippen LogP contribution in [0.5, 0.6) is 5.88 Å². The summed E-state index contributed by atoms with van der Waals surface area (Å²) >= 11 is 5.25. The van der Waals surface area contributed by atoms with E-state index in [1.807, 2.05) is 60.7 Å². The van der Waals surface area contributed by atoms with E-state index in [4.69, 9.17) is 21.9 Å². The average molecular weight is 432 g/mol. The molecule has 2 heterocycles. The fourth-order valence-corrected chi connectivity index (χ4v) is 4.41. The number of carboxylic acid groups (broad SMARTS) is 1. The lowest BCUT2D eigenvalue weighted by molar-refractivity contribution is 0.144. The van der Waals surface area contributed by atoms with Gasteiger partial charge < -0.3 is 20.5 Å². The van der Waals surface area contributed by atoms with Crippen molar-refractivity contribution in [3.8, 4) is 28.3 Å². The molecule has 7 heteroatoms. The summed E-state index contributed by atoms with van der Waals surface area (Å²) in [5.41, 5.74) is 5.00. The number of thiocarbonyl (C=S) groups is 1. The molecule has 1 amide bonds. The molecular formula is C24H21N3O3S. The highest BCUT2D eigenvalue weighted by Crippen LogP contribution is 2.43. The summed E-state index contributed by atoms with van der Waals surface area (Å²) in [7, 11) is 0. The number of carbonyl (C=O) groups is 1. The molecule has 31 heavy (non-hydrogen) atoms. The zero-order valence-electron chi connectivity index (χ0n) is 16.7. The molecular weight excluding hydrogens is 410 g/mol. The molecule has 6 nitrogen and oxygen atoms in total. The molecule has 0 saturated heterocycles. The van der Waals surface area contributed by atoms with Gasteiger partial charge in [0.25, 0.3) is 0 Å². The Morgan fingerprint density at radius 3 is 2.48 bits per heavy atom. The van der Waals surface area contributed by atoms with Crippen LogP contribution in [0.25, 0.3) is 22.4 Å². The fraction of sp³-hybridized carbons (Fsp3) is 0.208. The summed E-state index contributed by atoms with van der Waals surface area (Å²) in [5.74, 6) is 0.523. The number of anilines is 1. The van der Waals surface area contributed by atoms with E-state index >= 15 is 0 Å². The molecule has 2 aliphatic rings. The zero-order valence-corrected chi connectivity index (χ0v) is 17.5. The van der Waals surface area contributed by atoms with Crippen LogP contribution in [0.15, 0.2) is 60.7 Å². The van der Waals surface area contributed by atoms with Gasteiger partial charge in [-0.05, 0) is 36.5 Å². The Balaban J connectivity index is 1.58. The second kappa shape index (κ2) is 7.67. The van der Waals surface area contributed by atoms with Crippen molar-refractivity contribution < 1.29 is 14.6 Å². The summed E-state index contributed by atoms with van der Waals surface area (Å²) in [6.07, 6.45) is 1.64. The lowest BCUT2D eigenvalue weighted by atomic mass is 9.71. The van der Waals surface area contributed by atoms with E-state index in [-0.39, 0.29) is 0 Å². The fourth-order valence-electron chi connectivity index (χ4n) is 4.24. The summed E-state index contributed by atoms with van der Waals surface area (Å²) in [5, 5.41) is 15.2. The number of hydrogen-bond donors (Lipinski definition) is 3. The molecule has 1 aliphatic heterocycles. The van der Waals surface area contributed by atoms with Gasteiger partial charge in [0.2, 0.25) is 5.88 Å². The monoisotopic (exact) mass is 431 g/mol. The minimum Gasteiger partial charge on any atom is -0.469 e. The molecule has 0 unspecified atom stereocenters. The predicted octanol–water partition coefficient (Wildman–Crippen LogP) is 5.19. The number of benzene rings is 2. The van der Waals surface area contributed by atoms with Gasteiger partial charge in [0.1, 0.15) is 17.3 Å². The van der Waals surface area contributed by atoms with Crippen LogP contribution in [-0.4, -0.2) is 27.8 Å². The summed E-state index contributed by atoms with van der Waals surface area (Å²) < 4.78 is 5.75. The number of amides is 1. The van der Waals surface area contributed by atoms with Gasteiger partial charge in [-0.1, -0.05) is 66.8 Å². The first kappa shape index (κ1) is 19.5. The Hall–Kier alpha value is -3.45. The number of hydrogen-bond acceptors (Lipinski definition) is 4. The average Bonchev–Trinajstić information content (AvgIpc) is 2.76. The van der Waals surface area contributed by atoms with Crippen molar-refractivity contribution in [3.05, 3.63) is 66.2 Å². The SMILES string of the molecule is O=C(O)NC1(c2ccc(-c3nc4c(cc3-c3ccccc3)NC(=S)CO4)cc2)CCC1. The molecule has 0 radical (unpaired) electrons. The van der Waals surface area contributed by atoms with Crippen LogP contribution in [0.4, 0.5) is 10.5 Å². The number of pyridine rings is 1. The molecule has 2 aromatic carbocycles. The first-order chi connectivity index (χ1) is 15.0. The van der Waals surface area contributed by atoms with Gasteiger partial charge in [-0.15, -0.1) is 0 Å². The predicted molar refractivity (Wildman–Crippen MR) is 124 cm³/mol. The lowest BCUT2D eigenvalue weighted by Gasteiger charge is -2.42. The Labute approximate surface area is 185 Å². The molecule has 0 bridgehead atoms. The summed E-state index contributed by atoms with van der Waals surface area (Å²) in [6, 6.07) is 20.1. The van der Waals surface area contributed by atoms with E-state index in [1.165, 1.54) is 0 Å². The van der Waals surface area contributed by atoms with E-state index < -0.39 is 11.6 Å². The van der Waals surface area contributed by atoms with Crippen LogP contribution in [0.1, 0.15) is 24.8 Å². The molecule has 156 valence electrons. The molecule has 5 rings (SSSR count). The van der Waals surface area contributed by atoms with Crippen LogP contribution in [0.2, 0.25) is 0 Å². The van der Waals surface area contributed by atoms with Gasteiger partial charge in [0, 0.05) is 11.1 Å². The normalized spacial score (nSPS) is 16.3. The second-order valence-electron chi connectivity index (χ2n) is 7.88. The van der Waals surface area contributed by atoms with Crippen molar-refractivity contribution >= 4 is 29.0 Å². The van der Waals surface area contributed by atoms with Crippen molar-refractivity contribution in [2.45, 2.75) is 24.8 Å². The summed E-state index contributed by atoms with van der Waals surface area (Å²) in [4.78, 5) is 16.7. The lowest BCUT2D eigenvalue weighted by Crippen LogP contribution is -2.50. The van der Waals surface area contributed by atoms with E-state index in [0.717, 1.165) is 52.9 Å². The Morgan fingerprint density at radius 2 is 1.84 bits per heavy atom. The smallest absolute Gasteiger partial charge is 0.405 e. The third kappa shape index (κ3) is 3.61. The zero-order chi connectivity index (χ0) is 21.4. The van der Waals surface area contributed by atoms with Crippen LogP contribution < -0.4 is 15.4 Å². The second-order valence-corrected chi connectivity index (χ2v) is 8.38. The number of fused-ring (bicyclic) bond motifs is 1. The summed E-state index contributed by atoms with van der Waals surface area (Å²) in [6.45, 7) is 0.307. The number of rotatable bonds is 4. The van der Waals surface area contributed by atoms with Gasteiger partial charge in [0.15, 0.2) is 0 Å². The van der Waals surface area contributed by atoms with Gasteiger partial charge in [-0.3, -0.25) is 0 Å². The molecule has 1 fully saturated rings. The molecule has 3 aromatic rings. The number of nitrogens with zero attached hydrogens (tertiary/aromatic N) is 1. The maximum atomic E-state index is 11.3. The highest BCUT2D eigenvalue weighted by Gasteiger charge is 2.40. The quantitative estimate of drug-likeness (QED) is 0.493. The van der Waals surface area contributed by atoms with Gasteiger partial charge >= 0.3 is 6.09 Å². The van der Waals surface area contributed by atoms with Crippen molar-refractivity contribution in [3.63, 3.8) is 0 Å². The van der Waals surface area contributed by atoms with Gasteiger partial charge in [-0.25, -0.2) is 9.78 Å². The van der Waals surface area contributed by atoms with E-state index in [0.29, 0.717) is 17.5 Å². The minimum atomic E-state index is -0.992. The molecule has 0 atom stereocenters. The van der Waals surface area contributed by atoms with Gasteiger partial charge in [-0.2, -0.15) is 0 Å². The third-order valence-corrected chi connectivity index (χ3v) is 6.17. The Kier molecular flexibility index (Phi) is 4.82. The van der Waals surface area contributed by atoms with Crippen LogP contribution in [-0.2, 0) is 5.54 Å². The topological polar surface area (TPSA) is 83.5 Å². The van der Waals surface area contributed by atoms with Crippen LogP contribution in [0, 0.1) is 0 Å². The number of nitrogens with one attached hydrogen (secondary N) is 2. The number of aromatic nitrogens is 1. The highest BCUT2D eigenvalue weighted by atomic mass is 32.1. The maximum absolute atomic E-state index is 11.3. The number of ether oxygens (including phenoxy) is 1. The Morgan fingerprint density at radius 1 is 1.10 bits per heavy atom. The standard InChI is InChI=1S/C24H21N3O3S/c28-23(29)27-24(11-4-12-24)17-9-7-16(8-10-17)21-18(15-5-2-1-3-6-15)13-19-22(26-21)30-14-20(31)25-19/h1-3,5-10,13,27H,4,11-12,14H2,(H,25,31)(H,28,29). The molecule has 1 saturated carbocycles. The van der Waals surface area contributed by atoms with E-state index in [1.54, 1.807) is 0 Å². The first-order valence-electron chi connectivity index (χ1n) is 10.2.